The Morgan fingerprint density at radius 3 is 2.72 bits per heavy atom. The summed E-state index contributed by atoms with van der Waals surface area (Å²) in [5.74, 6) is 1.65. The van der Waals surface area contributed by atoms with Crippen molar-refractivity contribution in [1.29, 1.82) is 0 Å². The summed E-state index contributed by atoms with van der Waals surface area (Å²) in [6, 6.07) is 0.428. The Morgan fingerprint density at radius 2 is 2.08 bits per heavy atom. The monoisotopic (exact) mass is 433 g/mol. The van der Waals surface area contributed by atoms with E-state index in [1.165, 1.54) is 0 Å². The lowest BCUT2D eigenvalue weighted by Crippen LogP contribution is -2.52. The first-order chi connectivity index (χ1) is 11.6. The zero-order valence-corrected chi connectivity index (χ0v) is 17.0. The van der Waals surface area contributed by atoms with Crippen LogP contribution in [0.4, 0.5) is 5.95 Å². The van der Waals surface area contributed by atoms with Gasteiger partial charge in [-0.3, -0.25) is 4.79 Å². The summed E-state index contributed by atoms with van der Waals surface area (Å²) in [4.78, 5) is 25.6. The van der Waals surface area contributed by atoms with Crippen LogP contribution < -0.4 is 15.0 Å². The van der Waals surface area contributed by atoms with Crippen molar-refractivity contribution in [3.8, 4) is 5.88 Å². The molecule has 0 spiro atoms. The van der Waals surface area contributed by atoms with E-state index < -0.39 is 0 Å². The predicted molar refractivity (Wildman–Crippen MR) is 103 cm³/mol. The number of anilines is 1. The van der Waals surface area contributed by atoms with Gasteiger partial charge >= 0.3 is 0 Å². The number of ether oxygens (including phenoxy) is 1. The van der Waals surface area contributed by atoms with Crippen molar-refractivity contribution < 1.29 is 9.53 Å². The number of hydrogen-bond acceptors (Lipinski definition) is 6. The van der Waals surface area contributed by atoms with Crippen LogP contribution in [-0.2, 0) is 4.79 Å². The van der Waals surface area contributed by atoms with Gasteiger partial charge in [0.15, 0.2) is 0 Å². The van der Waals surface area contributed by atoms with Crippen LogP contribution in [0.1, 0.15) is 19.8 Å². The maximum Gasteiger partial charge on any atom is 0.232 e. The SMILES string of the molecule is COc1nc(N2CCN(C(=O)[C@H]3CCN[C@@H](C)C3)CC2)ncc1Br.Cl. The molecule has 0 radical (unpaired) electrons. The normalized spacial score (nSPS) is 23.8. The number of rotatable bonds is 3. The molecule has 2 atom stereocenters. The number of methoxy groups -OCH3 is 1. The standard InChI is InChI=1S/C16H24BrN5O2.ClH/c1-11-9-12(3-4-18-11)15(23)21-5-7-22(8-6-21)16-19-10-13(17)14(20-16)24-2;/h10-12,18H,3-9H2,1-2H3;1H/t11-,12-;/m0./s1. The molecule has 0 unspecified atom stereocenters. The fourth-order valence-corrected chi connectivity index (χ4v) is 3.73. The molecule has 0 saturated carbocycles. The number of nitrogens with zero attached hydrogens (tertiary/aromatic N) is 4. The largest absolute Gasteiger partial charge is 0.480 e. The quantitative estimate of drug-likeness (QED) is 0.781. The minimum absolute atomic E-state index is 0. The van der Waals surface area contributed by atoms with Crippen LogP contribution in [0.25, 0.3) is 0 Å². The summed E-state index contributed by atoms with van der Waals surface area (Å²) < 4.78 is 5.97. The number of piperazine rings is 1. The third-order valence-electron chi connectivity index (χ3n) is 4.74. The molecule has 1 N–H and O–H groups in total. The summed E-state index contributed by atoms with van der Waals surface area (Å²) in [5, 5.41) is 3.40. The predicted octanol–water partition coefficient (Wildman–Crippen LogP) is 1.71. The Balaban J connectivity index is 0.00000225. The second kappa shape index (κ2) is 9.00. The van der Waals surface area contributed by atoms with Crippen molar-refractivity contribution in [2.75, 3.05) is 44.7 Å². The summed E-state index contributed by atoms with van der Waals surface area (Å²) in [6.45, 7) is 6.02. The summed E-state index contributed by atoms with van der Waals surface area (Å²) in [6.07, 6.45) is 3.58. The van der Waals surface area contributed by atoms with Gasteiger partial charge in [0.2, 0.25) is 17.7 Å². The maximum absolute atomic E-state index is 12.7. The highest BCUT2D eigenvalue weighted by Gasteiger charge is 2.30. The second-order valence-electron chi connectivity index (χ2n) is 6.42. The molecule has 0 bridgehead atoms. The highest BCUT2D eigenvalue weighted by atomic mass is 79.9. The molecule has 140 valence electrons. The molecular formula is C16H25BrClN5O2. The van der Waals surface area contributed by atoms with E-state index in [0.717, 1.165) is 50.0 Å². The zero-order valence-electron chi connectivity index (χ0n) is 14.6. The first-order valence-electron chi connectivity index (χ1n) is 8.42. The van der Waals surface area contributed by atoms with E-state index in [9.17, 15) is 4.79 Å². The van der Waals surface area contributed by atoms with E-state index >= 15 is 0 Å². The first-order valence-corrected chi connectivity index (χ1v) is 9.21. The number of carbonyl (C=O) groups excluding carboxylic acids is 1. The molecule has 3 rings (SSSR count). The van der Waals surface area contributed by atoms with Gasteiger partial charge in [0.1, 0.15) is 0 Å². The van der Waals surface area contributed by atoms with Gasteiger partial charge in [-0.2, -0.15) is 4.98 Å². The molecule has 1 amide bonds. The molecule has 1 aromatic heterocycles. The van der Waals surface area contributed by atoms with Crippen LogP contribution in [0.5, 0.6) is 5.88 Å². The number of hydrogen-bond donors (Lipinski definition) is 1. The average molecular weight is 435 g/mol. The van der Waals surface area contributed by atoms with E-state index in [-0.39, 0.29) is 18.3 Å². The van der Waals surface area contributed by atoms with Gasteiger partial charge in [0.25, 0.3) is 0 Å². The number of carbonyl (C=O) groups is 1. The highest BCUT2D eigenvalue weighted by Crippen LogP contribution is 2.24. The summed E-state index contributed by atoms with van der Waals surface area (Å²) in [7, 11) is 1.59. The molecular weight excluding hydrogens is 410 g/mol. The number of nitrogens with one attached hydrogen (secondary N) is 1. The molecule has 25 heavy (non-hydrogen) atoms. The Bertz CT molecular complexity index is 598. The molecule has 2 aliphatic heterocycles. The Morgan fingerprint density at radius 1 is 1.36 bits per heavy atom. The van der Waals surface area contributed by atoms with Gasteiger partial charge in [0.05, 0.1) is 17.8 Å². The molecule has 2 saturated heterocycles. The smallest absolute Gasteiger partial charge is 0.232 e. The van der Waals surface area contributed by atoms with Gasteiger partial charge in [-0.1, -0.05) is 0 Å². The fourth-order valence-electron chi connectivity index (χ4n) is 3.38. The average Bonchev–Trinajstić information content (AvgIpc) is 2.62. The number of aromatic nitrogens is 2. The van der Waals surface area contributed by atoms with E-state index in [2.05, 4.69) is 43.0 Å². The Hall–Kier alpha value is -1.12. The van der Waals surface area contributed by atoms with Crippen molar-refractivity contribution in [2.45, 2.75) is 25.8 Å². The number of amides is 1. The minimum Gasteiger partial charge on any atom is -0.480 e. The topological polar surface area (TPSA) is 70.6 Å². The summed E-state index contributed by atoms with van der Waals surface area (Å²) >= 11 is 3.37. The number of piperidine rings is 1. The van der Waals surface area contributed by atoms with Crippen LogP contribution in [-0.4, -0.2) is 66.7 Å². The van der Waals surface area contributed by atoms with E-state index in [1.54, 1.807) is 13.3 Å². The lowest BCUT2D eigenvalue weighted by Gasteiger charge is -2.38. The zero-order chi connectivity index (χ0) is 17.1. The van der Waals surface area contributed by atoms with Gasteiger partial charge in [-0.15, -0.1) is 12.4 Å². The van der Waals surface area contributed by atoms with Crippen molar-refractivity contribution in [3.05, 3.63) is 10.7 Å². The minimum atomic E-state index is 0. The van der Waals surface area contributed by atoms with Crippen LogP contribution in [0.3, 0.4) is 0 Å². The molecule has 0 aliphatic carbocycles. The molecule has 2 aliphatic rings. The molecule has 0 aromatic carbocycles. The molecule has 7 nitrogen and oxygen atoms in total. The van der Waals surface area contributed by atoms with Crippen LogP contribution in [0, 0.1) is 5.92 Å². The Kier molecular flexibility index (Phi) is 7.27. The van der Waals surface area contributed by atoms with Crippen LogP contribution >= 0.6 is 28.3 Å². The molecule has 3 heterocycles. The van der Waals surface area contributed by atoms with Gasteiger partial charge in [-0.25, -0.2) is 4.98 Å². The van der Waals surface area contributed by atoms with Gasteiger partial charge < -0.3 is 19.9 Å². The maximum atomic E-state index is 12.7. The van der Waals surface area contributed by atoms with Crippen LogP contribution in [0.15, 0.2) is 10.7 Å². The van der Waals surface area contributed by atoms with Crippen molar-refractivity contribution in [1.82, 2.24) is 20.2 Å². The van der Waals surface area contributed by atoms with Gasteiger partial charge in [0, 0.05) is 38.1 Å². The fraction of sp³-hybridized carbons (Fsp3) is 0.688. The van der Waals surface area contributed by atoms with Crippen molar-refractivity contribution in [3.63, 3.8) is 0 Å². The van der Waals surface area contributed by atoms with E-state index in [4.69, 9.17) is 4.74 Å². The lowest BCUT2D eigenvalue weighted by molar-refractivity contribution is -0.137. The Labute approximate surface area is 163 Å². The molecule has 1 aromatic rings. The van der Waals surface area contributed by atoms with E-state index in [0.29, 0.717) is 23.8 Å². The highest BCUT2D eigenvalue weighted by molar-refractivity contribution is 9.10. The second-order valence-corrected chi connectivity index (χ2v) is 7.27. The lowest BCUT2D eigenvalue weighted by atomic mass is 9.92. The van der Waals surface area contributed by atoms with Crippen molar-refractivity contribution in [2.24, 2.45) is 5.92 Å². The van der Waals surface area contributed by atoms with Gasteiger partial charge in [-0.05, 0) is 42.2 Å². The van der Waals surface area contributed by atoms with Crippen molar-refractivity contribution >= 4 is 40.2 Å². The first kappa shape index (κ1) is 20.2. The third-order valence-corrected chi connectivity index (χ3v) is 5.28. The van der Waals surface area contributed by atoms with Crippen LogP contribution in [0.2, 0.25) is 0 Å². The molecule has 9 heteroatoms. The number of halogens is 2. The van der Waals surface area contributed by atoms with E-state index in [1.807, 2.05) is 4.90 Å². The third kappa shape index (κ3) is 4.74. The summed E-state index contributed by atoms with van der Waals surface area (Å²) in [5.41, 5.74) is 0. The molecule has 2 fully saturated rings.